The molecule has 0 unspecified atom stereocenters. The summed E-state index contributed by atoms with van der Waals surface area (Å²) >= 11 is 4.84. The molecule has 19 heavy (non-hydrogen) atoms. The maximum Gasteiger partial charge on any atom is 0.277 e. The summed E-state index contributed by atoms with van der Waals surface area (Å²) in [5.41, 5.74) is 2.93. The zero-order chi connectivity index (χ0) is 13.4. The van der Waals surface area contributed by atoms with Gasteiger partial charge in [0.2, 0.25) is 0 Å². The van der Waals surface area contributed by atoms with Crippen molar-refractivity contribution in [3.63, 3.8) is 0 Å². The molecule has 3 rings (SSSR count). The number of halogens is 1. The smallest absolute Gasteiger partial charge is 0.277 e. The topological polar surface area (TPSA) is 42.4 Å². The van der Waals surface area contributed by atoms with E-state index in [9.17, 15) is 4.79 Å². The molecule has 1 atom stereocenters. The Balaban J connectivity index is 2.03. The molecule has 4 nitrogen and oxygen atoms in total. The van der Waals surface area contributed by atoms with Crippen LogP contribution in [0.4, 0.5) is 5.69 Å². The number of fused-ring (bicyclic) bond motifs is 1. The molecule has 1 aromatic carbocycles. The molecule has 1 aliphatic heterocycles. The summed E-state index contributed by atoms with van der Waals surface area (Å²) in [6, 6.07) is 5.67. The number of ether oxygens (including phenoxy) is 1. The van der Waals surface area contributed by atoms with E-state index in [0.717, 1.165) is 15.9 Å². The molecule has 98 valence electrons. The van der Waals surface area contributed by atoms with Crippen LogP contribution >= 0.6 is 27.3 Å². The fourth-order valence-corrected chi connectivity index (χ4v) is 2.93. The first kappa shape index (κ1) is 12.6. The number of carbonyl (C=O) groups is 1. The van der Waals surface area contributed by atoms with Gasteiger partial charge in [0.25, 0.3) is 5.91 Å². The Kier molecular flexibility index (Phi) is 3.28. The van der Waals surface area contributed by atoms with Crippen LogP contribution in [0.1, 0.15) is 17.4 Å². The molecule has 0 N–H and O–H groups in total. The monoisotopic (exact) mass is 338 g/mol. The van der Waals surface area contributed by atoms with E-state index in [-0.39, 0.29) is 12.0 Å². The summed E-state index contributed by atoms with van der Waals surface area (Å²) in [4.78, 5) is 18.3. The van der Waals surface area contributed by atoms with Gasteiger partial charge in [0.1, 0.15) is 17.5 Å². The zero-order valence-corrected chi connectivity index (χ0v) is 12.6. The highest BCUT2D eigenvalue weighted by Gasteiger charge is 2.29. The third kappa shape index (κ3) is 2.37. The van der Waals surface area contributed by atoms with Crippen molar-refractivity contribution in [2.75, 3.05) is 11.4 Å². The number of hydrogen-bond acceptors (Lipinski definition) is 4. The Morgan fingerprint density at radius 3 is 3.16 bits per heavy atom. The zero-order valence-electron chi connectivity index (χ0n) is 10.2. The molecule has 1 aromatic heterocycles. The predicted octanol–water partition coefficient (Wildman–Crippen LogP) is 3.33. The minimum Gasteiger partial charge on any atom is -0.487 e. The summed E-state index contributed by atoms with van der Waals surface area (Å²) in [5.74, 6) is 0.640. The van der Waals surface area contributed by atoms with Gasteiger partial charge in [0.15, 0.2) is 0 Å². The van der Waals surface area contributed by atoms with Crippen molar-refractivity contribution in [1.29, 1.82) is 0 Å². The van der Waals surface area contributed by atoms with Gasteiger partial charge in [-0.1, -0.05) is 15.9 Å². The van der Waals surface area contributed by atoms with Crippen LogP contribution < -0.4 is 9.64 Å². The molecule has 0 saturated heterocycles. The highest BCUT2D eigenvalue weighted by molar-refractivity contribution is 9.10. The number of amides is 1. The minimum atomic E-state index is -0.0873. The average molecular weight is 339 g/mol. The van der Waals surface area contributed by atoms with Crippen molar-refractivity contribution in [1.82, 2.24) is 4.98 Å². The lowest BCUT2D eigenvalue weighted by Gasteiger charge is -2.33. The SMILES string of the molecule is C[C@H]1CN(C(=O)c2cscn2)c2cc(Br)ccc2O1. The third-order valence-electron chi connectivity index (χ3n) is 2.88. The molecule has 0 radical (unpaired) electrons. The summed E-state index contributed by atoms with van der Waals surface area (Å²) in [7, 11) is 0. The van der Waals surface area contributed by atoms with E-state index in [4.69, 9.17) is 4.74 Å². The first-order valence-corrected chi connectivity index (χ1v) is 7.55. The molecule has 2 heterocycles. The van der Waals surface area contributed by atoms with Crippen LogP contribution in [0.5, 0.6) is 5.75 Å². The van der Waals surface area contributed by atoms with Crippen LogP contribution in [-0.4, -0.2) is 23.5 Å². The van der Waals surface area contributed by atoms with Crippen molar-refractivity contribution in [3.05, 3.63) is 39.3 Å². The van der Waals surface area contributed by atoms with E-state index in [1.807, 2.05) is 25.1 Å². The lowest BCUT2D eigenvalue weighted by Crippen LogP contribution is -2.42. The van der Waals surface area contributed by atoms with E-state index < -0.39 is 0 Å². The largest absolute Gasteiger partial charge is 0.487 e. The number of anilines is 1. The maximum atomic E-state index is 12.5. The van der Waals surface area contributed by atoms with E-state index in [0.29, 0.717) is 12.2 Å². The Morgan fingerprint density at radius 2 is 2.42 bits per heavy atom. The minimum absolute atomic E-state index is 0.0312. The summed E-state index contributed by atoms with van der Waals surface area (Å²) in [5, 5.41) is 1.76. The summed E-state index contributed by atoms with van der Waals surface area (Å²) in [6.07, 6.45) is -0.0312. The normalized spacial score (nSPS) is 17.8. The molecule has 1 aliphatic rings. The number of carbonyl (C=O) groups excluding carboxylic acids is 1. The Hall–Kier alpha value is -1.40. The molecule has 0 bridgehead atoms. The Bertz CT molecular complexity index is 615. The molecule has 0 saturated carbocycles. The molecular formula is C13H11BrN2O2S. The van der Waals surface area contributed by atoms with Gasteiger partial charge in [0.05, 0.1) is 17.7 Å². The van der Waals surface area contributed by atoms with Gasteiger partial charge < -0.3 is 4.74 Å². The van der Waals surface area contributed by atoms with Crippen molar-refractivity contribution in [2.24, 2.45) is 0 Å². The molecule has 0 fully saturated rings. The van der Waals surface area contributed by atoms with Crippen LogP contribution in [-0.2, 0) is 0 Å². The maximum absolute atomic E-state index is 12.5. The van der Waals surface area contributed by atoms with E-state index >= 15 is 0 Å². The van der Waals surface area contributed by atoms with E-state index in [2.05, 4.69) is 20.9 Å². The second-order valence-electron chi connectivity index (χ2n) is 4.33. The lowest BCUT2D eigenvalue weighted by molar-refractivity contribution is 0.0957. The van der Waals surface area contributed by atoms with Crippen LogP contribution in [0.2, 0.25) is 0 Å². The number of aromatic nitrogens is 1. The number of hydrogen-bond donors (Lipinski definition) is 0. The summed E-state index contributed by atoms with van der Waals surface area (Å²) in [6.45, 7) is 2.48. The molecular weight excluding hydrogens is 328 g/mol. The molecule has 0 spiro atoms. The lowest BCUT2D eigenvalue weighted by atomic mass is 10.2. The van der Waals surface area contributed by atoms with Gasteiger partial charge in [-0.2, -0.15) is 0 Å². The van der Waals surface area contributed by atoms with Crippen molar-refractivity contribution >= 4 is 38.9 Å². The van der Waals surface area contributed by atoms with Gasteiger partial charge in [0, 0.05) is 9.85 Å². The van der Waals surface area contributed by atoms with Crippen molar-refractivity contribution in [2.45, 2.75) is 13.0 Å². The number of rotatable bonds is 1. The predicted molar refractivity (Wildman–Crippen MR) is 78.0 cm³/mol. The third-order valence-corrected chi connectivity index (χ3v) is 3.96. The highest BCUT2D eigenvalue weighted by Crippen LogP contribution is 2.36. The summed E-state index contributed by atoms with van der Waals surface area (Å²) < 4.78 is 6.67. The fraction of sp³-hybridized carbons (Fsp3) is 0.231. The highest BCUT2D eigenvalue weighted by atomic mass is 79.9. The van der Waals surface area contributed by atoms with E-state index in [1.54, 1.807) is 15.8 Å². The molecule has 1 amide bonds. The van der Waals surface area contributed by atoms with Crippen molar-refractivity contribution < 1.29 is 9.53 Å². The van der Waals surface area contributed by atoms with Crippen LogP contribution in [0.3, 0.4) is 0 Å². The van der Waals surface area contributed by atoms with Crippen LogP contribution in [0.25, 0.3) is 0 Å². The van der Waals surface area contributed by atoms with Gasteiger partial charge in [-0.3, -0.25) is 9.69 Å². The van der Waals surface area contributed by atoms with Gasteiger partial charge in [-0.15, -0.1) is 11.3 Å². The second-order valence-corrected chi connectivity index (χ2v) is 5.96. The van der Waals surface area contributed by atoms with Crippen LogP contribution in [0.15, 0.2) is 33.6 Å². The van der Waals surface area contributed by atoms with Crippen LogP contribution in [0, 0.1) is 0 Å². The van der Waals surface area contributed by atoms with Gasteiger partial charge in [-0.25, -0.2) is 4.98 Å². The Morgan fingerprint density at radius 1 is 1.58 bits per heavy atom. The Labute approximate surface area is 123 Å². The average Bonchev–Trinajstić information content (AvgIpc) is 2.91. The number of benzene rings is 1. The first-order valence-electron chi connectivity index (χ1n) is 5.81. The first-order chi connectivity index (χ1) is 9.15. The second kappa shape index (κ2) is 4.94. The fourth-order valence-electron chi connectivity index (χ4n) is 2.06. The van der Waals surface area contributed by atoms with E-state index in [1.165, 1.54) is 11.3 Å². The number of thiazole rings is 1. The number of nitrogens with zero attached hydrogens (tertiary/aromatic N) is 2. The van der Waals surface area contributed by atoms with Gasteiger partial charge in [-0.05, 0) is 25.1 Å². The standard InChI is InChI=1S/C13H11BrN2O2S/c1-8-5-16(13(17)10-6-19-7-15-10)11-4-9(14)2-3-12(11)18-8/h2-4,6-8H,5H2,1H3/t8-/m0/s1. The van der Waals surface area contributed by atoms with Crippen molar-refractivity contribution in [3.8, 4) is 5.75 Å². The molecule has 2 aromatic rings. The molecule has 6 heteroatoms. The van der Waals surface area contributed by atoms with Gasteiger partial charge >= 0.3 is 0 Å². The molecule has 0 aliphatic carbocycles. The quantitative estimate of drug-likeness (QED) is 0.800.